The number of likely N-dealkylation sites (tertiary alicyclic amines) is 1. The average Bonchev–Trinajstić information content (AvgIpc) is 2.37. The molecule has 2 heterocycles. The van der Waals surface area contributed by atoms with E-state index in [1.807, 2.05) is 19.1 Å². The number of hydrogen-bond donors (Lipinski definition) is 0. The first kappa shape index (κ1) is 14.0. The maximum absolute atomic E-state index is 12.7. The number of sulfonamides is 1. The first-order valence-electron chi connectivity index (χ1n) is 7.20. The van der Waals surface area contributed by atoms with Gasteiger partial charge in [-0.15, -0.1) is 0 Å². The van der Waals surface area contributed by atoms with Gasteiger partial charge in [-0.05, 0) is 44.4 Å². The Kier molecular flexibility index (Phi) is 3.60. The highest BCUT2D eigenvalue weighted by atomic mass is 32.2. The molecule has 0 N–H and O–H groups in total. The largest absolute Gasteiger partial charge is 0.306 e. The Hall–Kier alpha value is -0.910. The van der Waals surface area contributed by atoms with Gasteiger partial charge >= 0.3 is 0 Å². The van der Waals surface area contributed by atoms with Crippen molar-refractivity contribution in [3.05, 3.63) is 29.8 Å². The highest BCUT2D eigenvalue weighted by Gasteiger charge is 2.38. The third kappa shape index (κ3) is 2.62. The molecular weight excluding hydrogens is 272 g/mol. The molecule has 110 valence electrons. The van der Waals surface area contributed by atoms with Crippen LogP contribution in [0.25, 0.3) is 0 Å². The van der Waals surface area contributed by atoms with Crippen molar-refractivity contribution in [1.82, 2.24) is 9.21 Å². The van der Waals surface area contributed by atoms with Gasteiger partial charge in [-0.25, -0.2) is 8.42 Å². The Labute approximate surface area is 121 Å². The first-order chi connectivity index (χ1) is 9.45. The number of piperidine rings is 2. The summed E-state index contributed by atoms with van der Waals surface area (Å²) in [5.74, 6) is 0.959. The molecule has 0 saturated carbocycles. The van der Waals surface area contributed by atoms with Gasteiger partial charge < -0.3 is 4.90 Å². The Bertz CT molecular complexity index is 564. The molecule has 2 fully saturated rings. The van der Waals surface area contributed by atoms with E-state index in [0.717, 1.165) is 18.7 Å². The van der Waals surface area contributed by atoms with Crippen LogP contribution < -0.4 is 0 Å². The molecule has 20 heavy (non-hydrogen) atoms. The van der Waals surface area contributed by atoms with E-state index in [9.17, 15) is 8.42 Å². The summed E-state index contributed by atoms with van der Waals surface area (Å²) in [6, 6.07) is 7.18. The second-order valence-electron chi connectivity index (χ2n) is 6.32. The fourth-order valence-corrected chi connectivity index (χ4v) is 5.14. The number of nitrogens with zero attached hydrogens (tertiary/aromatic N) is 2. The smallest absolute Gasteiger partial charge is 0.243 e. The maximum atomic E-state index is 12.7. The summed E-state index contributed by atoms with van der Waals surface area (Å²) in [5.41, 5.74) is 1.08. The van der Waals surface area contributed by atoms with Gasteiger partial charge in [-0.1, -0.05) is 17.7 Å². The zero-order valence-corrected chi connectivity index (χ0v) is 12.9. The SMILES string of the molecule is Cc1ccc(S(=O)(=O)N2CC3CC(CN(C)C3)C2)cc1. The third-order valence-electron chi connectivity index (χ3n) is 4.39. The number of benzene rings is 1. The molecule has 1 aromatic carbocycles. The fraction of sp³-hybridized carbons (Fsp3) is 0.600. The van der Waals surface area contributed by atoms with Crippen molar-refractivity contribution in [3.8, 4) is 0 Å². The summed E-state index contributed by atoms with van der Waals surface area (Å²) in [6.45, 7) is 5.32. The van der Waals surface area contributed by atoms with Crippen molar-refractivity contribution in [3.63, 3.8) is 0 Å². The minimum atomic E-state index is -3.32. The molecule has 0 spiro atoms. The maximum Gasteiger partial charge on any atom is 0.243 e. The van der Waals surface area contributed by atoms with Crippen molar-refractivity contribution in [2.45, 2.75) is 18.2 Å². The summed E-state index contributed by atoms with van der Waals surface area (Å²) in [7, 11) is -1.20. The quantitative estimate of drug-likeness (QED) is 0.831. The molecule has 3 rings (SSSR count). The van der Waals surface area contributed by atoms with E-state index in [1.54, 1.807) is 16.4 Å². The van der Waals surface area contributed by atoms with E-state index in [0.29, 0.717) is 29.8 Å². The number of fused-ring (bicyclic) bond motifs is 2. The van der Waals surface area contributed by atoms with Gasteiger partial charge in [0.25, 0.3) is 0 Å². The van der Waals surface area contributed by atoms with Gasteiger partial charge in [0.1, 0.15) is 0 Å². The molecule has 0 aromatic heterocycles. The molecule has 1 aromatic rings. The van der Waals surface area contributed by atoms with Crippen LogP contribution in [0.2, 0.25) is 0 Å². The van der Waals surface area contributed by atoms with E-state index in [1.165, 1.54) is 6.42 Å². The number of aryl methyl sites for hydroxylation is 1. The topological polar surface area (TPSA) is 40.6 Å². The zero-order chi connectivity index (χ0) is 14.3. The summed E-state index contributed by atoms with van der Waals surface area (Å²) < 4.78 is 27.1. The number of hydrogen-bond acceptors (Lipinski definition) is 3. The van der Waals surface area contributed by atoms with Crippen LogP contribution >= 0.6 is 0 Å². The van der Waals surface area contributed by atoms with E-state index in [-0.39, 0.29) is 0 Å². The number of rotatable bonds is 2. The molecule has 2 aliphatic heterocycles. The van der Waals surface area contributed by atoms with Crippen molar-refractivity contribution >= 4 is 10.0 Å². The highest BCUT2D eigenvalue weighted by Crippen LogP contribution is 2.31. The Morgan fingerprint density at radius 3 is 2.10 bits per heavy atom. The monoisotopic (exact) mass is 294 g/mol. The van der Waals surface area contributed by atoms with Crippen molar-refractivity contribution < 1.29 is 8.42 Å². The standard InChI is InChI=1S/C15H22N2O2S/c1-12-3-5-15(6-4-12)20(18,19)17-10-13-7-14(11-17)9-16(2)8-13/h3-6,13-14H,7-11H2,1-2H3. The molecule has 0 aliphatic carbocycles. The normalized spacial score (nSPS) is 28.5. The molecular formula is C15H22N2O2S. The molecule has 2 bridgehead atoms. The van der Waals surface area contributed by atoms with Crippen LogP contribution in [0.4, 0.5) is 0 Å². The average molecular weight is 294 g/mol. The Morgan fingerprint density at radius 1 is 1.00 bits per heavy atom. The summed E-state index contributed by atoms with van der Waals surface area (Å²) in [6.07, 6.45) is 1.17. The molecule has 4 nitrogen and oxygen atoms in total. The van der Waals surface area contributed by atoms with Crippen molar-refractivity contribution in [2.75, 3.05) is 33.2 Å². The van der Waals surface area contributed by atoms with Crippen LogP contribution in [0.1, 0.15) is 12.0 Å². The fourth-order valence-electron chi connectivity index (χ4n) is 3.55. The predicted molar refractivity (Wildman–Crippen MR) is 79.0 cm³/mol. The van der Waals surface area contributed by atoms with Gasteiger partial charge in [0.2, 0.25) is 10.0 Å². The lowest BCUT2D eigenvalue weighted by molar-refractivity contribution is 0.0814. The highest BCUT2D eigenvalue weighted by molar-refractivity contribution is 7.89. The van der Waals surface area contributed by atoms with Crippen molar-refractivity contribution in [1.29, 1.82) is 0 Å². The Balaban J connectivity index is 1.83. The molecule has 2 saturated heterocycles. The van der Waals surface area contributed by atoms with Crippen LogP contribution in [-0.4, -0.2) is 50.8 Å². The molecule has 2 atom stereocenters. The van der Waals surface area contributed by atoms with Gasteiger partial charge in [0.15, 0.2) is 0 Å². The van der Waals surface area contributed by atoms with Crippen LogP contribution in [0.5, 0.6) is 0 Å². The second kappa shape index (κ2) is 5.13. The second-order valence-corrected chi connectivity index (χ2v) is 8.26. The van der Waals surface area contributed by atoms with Gasteiger partial charge in [-0.2, -0.15) is 4.31 Å². The molecule has 5 heteroatoms. The summed E-state index contributed by atoms with van der Waals surface area (Å²) in [4.78, 5) is 2.76. The van der Waals surface area contributed by atoms with Gasteiger partial charge in [-0.3, -0.25) is 0 Å². The van der Waals surface area contributed by atoms with E-state index < -0.39 is 10.0 Å². The molecule has 2 aliphatic rings. The van der Waals surface area contributed by atoms with E-state index >= 15 is 0 Å². The first-order valence-corrected chi connectivity index (χ1v) is 8.64. The van der Waals surface area contributed by atoms with Crippen LogP contribution in [0.3, 0.4) is 0 Å². The summed E-state index contributed by atoms with van der Waals surface area (Å²) in [5, 5.41) is 0. The van der Waals surface area contributed by atoms with E-state index in [2.05, 4.69) is 11.9 Å². The van der Waals surface area contributed by atoms with Gasteiger partial charge in [0, 0.05) is 26.2 Å². The van der Waals surface area contributed by atoms with E-state index in [4.69, 9.17) is 0 Å². The lowest BCUT2D eigenvalue weighted by atomic mass is 9.86. The lowest BCUT2D eigenvalue weighted by Crippen LogP contribution is -2.53. The minimum absolute atomic E-state index is 0.427. The Morgan fingerprint density at radius 2 is 1.55 bits per heavy atom. The van der Waals surface area contributed by atoms with Gasteiger partial charge in [0.05, 0.1) is 4.90 Å². The molecule has 0 amide bonds. The summed E-state index contributed by atoms with van der Waals surface area (Å²) >= 11 is 0. The minimum Gasteiger partial charge on any atom is -0.306 e. The zero-order valence-electron chi connectivity index (χ0n) is 12.1. The third-order valence-corrected chi connectivity index (χ3v) is 6.23. The predicted octanol–water partition coefficient (Wildman–Crippen LogP) is 1.57. The molecule has 0 radical (unpaired) electrons. The van der Waals surface area contributed by atoms with Crippen LogP contribution in [0.15, 0.2) is 29.2 Å². The van der Waals surface area contributed by atoms with Crippen LogP contribution in [-0.2, 0) is 10.0 Å². The van der Waals surface area contributed by atoms with Crippen molar-refractivity contribution in [2.24, 2.45) is 11.8 Å². The van der Waals surface area contributed by atoms with Crippen LogP contribution in [0, 0.1) is 18.8 Å². The molecule has 2 unspecified atom stereocenters. The lowest BCUT2D eigenvalue weighted by Gasteiger charge is -2.44.